The van der Waals surface area contributed by atoms with Gasteiger partial charge in [0.2, 0.25) is 0 Å². The molecule has 2 rings (SSSR count). The summed E-state index contributed by atoms with van der Waals surface area (Å²) >= 11 is 3.45. The third kappa shape index (κ3) is 2.09. The van der Waals surface area contributed by atoms with Gasteiger partial charge in [-0.1, -0.05) is 34.1 Å². The van der Waals surface area contributed by atoms with E-state index in [2.05, 4.69) is 51.5 Å². The highest BCUT2D eigenvalue weighted by Crippen LogP contribution is 2.33. The molecule has 1 heterocycles. The molecule has 0 spiro atoms. The van der Waals surface area contributed by atoms with E-state index in [0.717, 1.165) is 4.47 Å². The van der Waals surface area contributed by atoms with Crippen molar-refractivity contribution in [3.8, 4) is 0 Å². The maximum absolute atomic E-state index is 5.93. The van der Waals surface area contributed by atoms with Crippen LogP contribution in [-0.4, -0.2) is 23.9 Å². The van der Waals surface area contributed by atoms with E-state index in [1.54, 1.807) is 0 Å². The number of hydrogen-bond donors (Lipinski definition) is 1. The normalized spacial score (nSPS) is 23.6. The van der Waals surface area contributed by atoms with E-state index in [9.17, 15) is 0 Å². The minimum atomic E-state index is -0.168. The SMILES string of the molecule is C=CCN1C(N)=NCC1(C)c1ccc(Br)cc1. The lowest BCUT2D eigenvalue weighted by atomic mass is 9.91. The van der Waals surface area contributed by atoms with Gasteiger partial charge < -0.3 is 10.6 Å². The van der Waals surface area contributed by atoms with Gasteiger partial charge in [0.25, 0.3) is 0 Å². The van der Waals surface area contributed by atoms with Crippen LogP contribution < -0.4 is 5.73 Å². The minimum Gasteiger partial charge on any atom is -0.370 e. The van der Waals surface area contributed by atoms with Gasteiger partial charge in [0.05, 0.1) is 12.1 Å². The molecule has 1 unspecified atom stereocenters. The largest absolute Gasteiger partial charge is 0.370 e. The molecule has 0 bridgehead atoms. The van der Waals surface area contributed by atoms with Crippen LogP contribution in [0.15, 0.2) is 46.4 Å². The highest BCUT2D eigenvalue weighted by atomic mass is 79.9. The summed E-state index contributed by atoms with van der Waals surface area (Å²) in [5.74, 6) is 0.593. The van der Waals surface area contributed by atoms with Gasteiger partial charge in [-0.2, -0.15) is 0 Å². The molecule has 1 aliphatic rings. The number of aliphatic imine (C=N–C) groups is 1. The summed E-state index contributed by atoms with van der Waals surface area (Å²) in [6.45, 7) is 7.33. The Hall–Kier alpha value is -1.29. The summed E-state index contributed by atoms with van der Waals surface area (Å²) in [6.07, 6.45) is 1.85. The lowest BCUT2D eigenvalue weighted by Crippen LogP contribution is -2.47. The predicted octanol–water partition coefficient (Wildman–Crippen LogP) is 2.48. The molecule has 0 saturated carbocycles. The molecule has 4 heteroatoms. The molecule has 0 amide bonds. The van der Waals surface area contributed by atoms with Gasteiger partial charge in [-0.3, -0.25) is 4.99 Å². The molecule has 0 aliphatic carbocycles. The molecular formula is C13H16BrN3. The van der Waals surface area contributed by atoms with Crippen molar-refractivity contribution in [3.63, 3.8) is 0 Å². The predicted molar refractivity (Wildman–Crippen MR) is 74.9 cm³/mol. The second-order valence-electron chi connectivity index (χ2n) is 4.35. The zero-order chi connectivity index (χ0) is 12.5. The molecule has 90 valence electrons. The van der Waals surface area contributed by atoms with Crippen LogP contribution in [0.4, 0.5) is 0 Å². The summed E-state index contributed by atoms with van der Waals surface area (Å²) in [4.78, 5) is 6.44. The number of rotatable bonds is 3. The van der Waals surface area contributed by atoms with Gasteiger partial charge >= 0.3 is 0 Å². The Morgan fingerprint density at radius 1 is 1.53 bits per heavy atom. The minimum absolute atomic E-state index is 0.168. The van der Waals surface area contributed by atoms with Crippen LogP contribution in [0.5, 0.6) is 0 Å². The quantitative estimate of drug-likeness (QED) is 0.870. The van der Waals surface area contributed by atoms with Crippen molar-refractivity contribution in [2.45, 2.75) is 12.5 Å². The summed E-state index contributed by atoms with van der Waals surface area (Å²) < 4.78 is 1.08. The molecule has 0 radical (unpaired) electrons. The average molecular weight is 294 g/mol. The van der Waals surface area contributed by atoms with Gasteiger partial charge in [-0.15, -0.1) is 6.58 Å². The van der Waals surface area contributed by atoms with Crippen molar-refractivity contribution in [1.82, 2.24) is 4.90 Å². The number of halogens is 1. The smallest absolute Gasteiger partial charge is 0.192 e. The van der Waals surface area contributed by atoms with E-state index < -0.39 is 0 Å². The zero-order valence-electron chi connectivity index (χ0n) is 9.86. The molecule has 1 aromatic rings. The first-order valence-electron chi connectivity index (χ1n) is 5.52. The van der Waals surface area contributed by atoms with Crippen molar-refractivity contribution in [3.05, 3.63) is 47.0 Å². The van der Waals surface area contributed by atoms with Crippen LogP contribution in [0, 0.1) is 0 Å². The first kappa shape index (κ1) is 12.2. The highest BCUT2D eigenvalue weighted by Gasteiger charge is 2.38. The Labute approximate surface area is 110 Å². The van der Waals surface area contributed by atoms with E-state index >= 15 is 0 Å². The second kappa shape index (κ2) is 4.53. The fourth-order valence-electron chi connectivity index (χ4n) is 2.14. The van der Waals surface area contributed by atoms with Crippen molar-refractivity contribution in [1.29, 1.82) is 0 Å². The summed E-state index contributed by atoms with van der Waals surface area (Å²) in [5, 5.41) is 0. The van der Waals surface area contributed by atoms with E-state index in [0.29, 0.717) is 19.0 Å². The number of guanidine groups is 1. The van der Waals surface area contributed by atoms with Crippen LogP contribution >= 0.6 is 15.9 Å². The maximum atomic E-state index is 5.93. The lowest BCUT2D eigenvalue weighted by molar-refractivity contribution is 0.245. The molecule has 17 heavy (non-hydrogen) atoms. The van der Waals surface area contributed by atoms with Gasteiger partial charge in [0, 0.05) is 11.0 Å². The van der Waals surface area contributed by atoms with Crippen LogP contribution in [0.25, 0.3) is 0 Å². The van der Waals surface area contributed by atoms with Crippen LogP contribution in [0.1, 0.15) is 12.5 Å². The Balaban J connectivity index is 2.35. The van der Waals surface area contributed by atoms with E-state index in [1.807, 2.05) is 18.2 Å². The maximum Gasteiger partial charge on any atom is 0.192 e. The Morgan fingerprint density at radius 3 is 2.76 bits per heavy atom. The molecule has 0 fully saturated rings. The fourth-order valence-corrected chi connectivity index (χ4v) is 2.40. The number of nitrogens with two attached hydrogens (primary N) is 1. The van der Waals surface area contributed by atoms with Gasteiger partial charge in [0.1, 0.15) is 0 Å². The standard InChI is InChI=1S/C13H16BrN3/c1-3-8-17-12(15)16-9-13(17,2)10-4-6-11(14)7-5-10/h3-7H,1,8-9H2,2H3,(H2,15,16). The van der Waals surface area contributed by atoms with Crippen LogP contribution in [-0.2, 0) is 5.54 Å². The van der Waals surface area contributed by atoms with Crippen LogP contribution in [0.3, 0.4) is 0 Å². The first-order valence-corrected chi connectivity index (χ1v) is 6.32. The third-order valence-electron chi connectivity index (χ3n) is 3.20. The summed E-state index contributed by atoms with van der Waals surface area (Å²) in [6, 6.07) is 8.30. The van der Waals surface area contributed by atoms with E-state index in [1.165, 1.54) is 5.56 Å². The molecule has 1 aromatic carbocycles. The molecule has 3 nitrogen and oxygen atoms in total. The van der Waals surface area contributed by atoms with Crippen molar-refractivity contribution >= 4 is 21.9 Å². The summed E-state index contributed by atoms with van der Waals surface area (Å²) in [7, 11) is 0. The van der Waals surface area contributed by atoms with Gasteiger partial charge in [-0.05, 0) is 24.6 Å². The van der Waals surface area contributed by atoms with Crippen molar-refractivity contribution < 1.29 is 0 Å². The zero-order valence-corrected chi connectivity index (χ0v) is 11.4. The monoisotopic (exact) mass is 293 g/mol. The molecule has 2 N–H and O–H groups in total. The number of benzene rings is 1. The Bertz CT molecular complexity index is 452. The van der Waals surface area contributed by atoms with E-state index in [-0.39, 0.29) is 5.54 Å². The fraction of sp³-hybridized carbons (Fsp3) is 0.308. The Kier molecular flexibility index (Phi) is 3.24. The van der Waals surface area contributed by atoms with Crippen molar-refractivity contribution in [2.75, 3.05) is 13.1 Å². The topological polar surface area (TPSA) is 41.6 Å². The first-order chi connectivity index (χ1) is 8.08. The number of hydrogen-bond acceptors (Lipinski definition) is 3. The lowest BCUT2D eigenvalue weighted by Gasteiger charge is -2.36. The third-order valence-corrected chi connectivity index (χ3v) is 3.73. The average Bonchev–Trinajstić information content (AvgIpc) is 2.60. The Morgan fingerprint density at radius 2 is 2.18 bits per heavy atom. The number of nitrogens with zero attached hydrogens (tertiary/aromatic N) is 2. The molecule has 1 aliphatic heterocycles. The van der Waals surface area contributed by atoms with Crippen molar-refractivity contribution in [2.24, 2.45) is 10.7 Å². The van der Waals surface area contributed by atoms with Gasteiger partial charge in [0.15, 0.2) is 5.96 Å². The molecule has 0 saturated heterocycles. The highest BCUT2D eigenvalue weighted by molar-refractivity contribution is 9.10. The van der Waals surface area contributed by atoms with Crippen LogP contribution in [0.2, 0.25) is 0 Å². The summed E-state index contributed by atoms with van der Waals surface area (Å²) in [5.41, 5.74) is 6.97. The second-order valence-corrected chi connectivity index (χ2v) is 5.27. The molecule has 1 atom stereocenters. The molecule has 0 aromatic heterocycles. The van der Waals surface area contributed by atoms with Gasteiger partial charge in [-0.25, -0.2) is 0 Å². The van der Waals surface area contributed by atoms with E-state index in [4.69, 9.17) is 5.73 Å². The molecular weight excluding hydrogens is 278 g/mol.